The highest BCUT2D eigenvalue weighted by atomic mass is 33.1. The molecule has 0 bridgehead atoms. The van der Waals surface area contributed by atoms with E-state index in [1.165, 1.54) is 32.7 Å². The molecule has 0 atom stereocenters. The first-order valence-corrected chi connectivity index (χ1v) is 13.8. The Labute approximate surface area is 220 Å². The van der Waals surface area contributed by atoms with E-state index in [1.807, 2.05) is 113 Å². The largest absolute Gasteiger partial charge is 0.322 e. The van der Waals surface area contributed by atoms with Crippen LogP contribution in [0.25, 0.3) is 0 Å². The van der Waals surface area contributed by atoms with Crippen LogP contribution in [0.2, 0.25) is 0 Å². The van der Waals surface area contributed by atoms with Gasteiger partial charge in [0.1, 0.15) is 0 Å². The van der Waals surface area contributed by atoms with E-state index in [9.17, 15) is 9.59 Å². The lowest BCUT2D eigenvalue weighted by Gasteiger charge is -2.13. The molecule has 0 aliphatic heterocycles. The summed E-state index contributed by atoms with van der Waals surface area (Å²) < 4.78 is 0. The number of carbonyl (C=O) groups excluding carboxylic acids is 2. The maximum Gasteiger partial charge on any atom is 0.256 e. The Bertz CT molecular complexity index is 1320. The Morgan fingerprint density at radius 2 is 0.917 bits per heavy atom. The minimum Gasteiger partial charge on any atom is -0.322 e. The third kappa shape index (κ3) is 6.20. The molecule has 0 aliphatic rings. The molecule has 0 spiro atoms. The fourth-order valence-corrected chi connectivity index (χ4v) is 5.94. The molecule has 4 aromatic rings. The van der Waals surface area contributed by atoms with Gasteiger partial charge in [-0.3, -0.25) is 9.59 Å². The summed E-state index contributed by atoms with van der Waals surface area (Å²) in [4.78, 5) is 27.8. The third-order valence-electron chi connectivity index (χ3n) is 6.01. The zero-order valence-corrected chi connectivity index (χ0v) is 22.3. The van der Waals surface area contributed by atoms with E-state index in [-0.39, 0.29) is 11.8 Å². The third-order valence-corrected chi connectivity index (χ3v) is 8.50. The van der Waals surface area contributed by atoms with Crippen molar-refractivity contribution in [1.29, 1.82) is 0 Å². The van der Waals surface area contributed by atoms with Crippen LogP contribution in [0.15, 0.2) is 94.7 Å². The van der Waals surface area contributed by atoms with Crippen molar-refractivity contribution in [2.45, 2.75) is 37.5 Å². The molecule has 36 heavy (non-hydrogen) atoms. The summed E-state index contributed by atoms with van der Waals surface area (Å²) >= 11 is 0. The number of nitrogens with one attached hydrogen (secondary N) is 2. The van der Waals surface area contributed by atoms with Gasteiger partial charge in [-0.05, 0) is 98.5 Å². The molecule has 0 fully saturated rings. The Kier molecular flexibility index (Phi) is 8.18. The first kappa shape index (κ1) is 25.6. The first-order chi connectivity index (χ1) is 17.3. The normalized spacial score (nSPS) is 10.7. The zero-order valence-electron chi connectivity index (χ0n) is 20.7. The van der Waals surface area contributed by atoms with Gasteiger partial charge in [0.15, 0.2) is 0 Å². The molecule has 2 amide bonds. The van der Waals surface area contributed by atoms with Crippen LogP contribution in [-0.2, 0) is 0 Å². The van der Waals surface area contributed by atoms with E-state index in [1.54, 1.807) is 0 Å². The molecule has 2 N–H and O–H groups in total. The highest BCUT2D eigenvalue weighted by Gasteiger charge is 2.16. The first-order valence-electron chi connectivity index (χ1n) is 11.6. The SMILES string of the molecule is Cc1ccc(NC(=O)c2ccccc2SSc2ccccc2C(=O)Nc2ccc(C)c(C)c2)cc1C. The van der Waals surface area contributed by atoms with Gasteiger partial charge in [-0.1, -0.05) is 58.0 Å². The lowest BCUT2D eigenvalue weighted by Crippen LogP contribution is -2.13. The monoisotopic (exact) mass is 512 g/mol. The van der Waals surface area contributed by atoms with Gasteiger partial charge in [0.25, 0.3) is 11.8 Å². The molecule has 4 aromatic carbocycles. The van der Waals surface area contributed by atoms with E-state index >= 15 is 0 Å². The Balaban J connectivity index is 1.49. The Morgan fingerprint density at radius 3 is 1.31 bits per heavy atom. The molecule has 182 valence electrons. The van der Waals surface area contributed by atoms with Gasteiger partial charge >= 0.3 is 0 Å². The van der Waals surface area contributed by atoms with Crippen LogP contribution in [-0.4, -0.2) is 11.8 Å². The maximum absolute atomic E-state index is 13.1. The molecular weight excluding hydrogens is 484 g/mol. The van der Waals surface area contributed by atoms with Crippen LogP contribution in [0, 0.1) is 27.7 Å². The Hall–Kier alpha value is -3.48. The predicted octanol–water partition coefficient (Wildman–Crippen LogP) is 8.22. The zero-order chi connectivity index (χ0) is 25.7. The lowest BCUT2D eigenvalue weighted by atomic mass is 10.1. The summed E-state index contributed by atoms with van der Waals surface area (Å²) in [5.74, 6) is -0.328. The molecule has 0 unspecified atom stereocenters. The molecule has 0 heterocycles. The highest BCUT2D eigenvalue weighted by Crippen LogP contribution is 2.40. The van der Waals surface area contributed by atoms with Crippen molar-refractivity contribution in [1.82, 2.24) is 0 Å². The van der Waals surface area contributed by atoms with E-state index in [4.69, 9.17) is 0 Å². The molecule has 0 radical (unpaired) electrons. The second-order valence-corrected chi connectivity index (χ2v) is 10.9. The molecule has 6 heteroatoms. The quantitative estimate of drug-likeness (QED) is 0.245. The number of amides is 2. The molecule has 4 rings (SSSR count). The number of rotatable bonds is 7. The van der Waals surface area contributed by atoms with Crippen molar-refractivity contribution in [2.75, 3.05) is 10.6 Å². The van der Waals surface area contributed by atoms with Crippen LogP contribution in [0.3, 0.4) is 0 Å². The number of anilines is 2. The summed E-state index contributed by atoms with van der Waals surface area (Å²) in [7, 11) is 2.93. The van der Waals surface area contributed by atoms with Gasteiger partial charge in [0.2, 0.25) is 0 Å². The van der Waals surface area contributed by atoms with Crippen molar-refractivity contribution in [3.8, 4) is 0 Å². The van der Waals surface area contributed by atoms with Gasteiger partial charge in [0, 0.05) is 21.2 Å². The van der Waals surface area contributed by atoms with Crippen molar-refractivity contribution in [3.05, 3.63) is 118 Å². The average Bonchev–Trinajstić information content (AvgIpc) is 2.87. The standard InChI is InChI=1S/C30H28N2O2S2/c1-19-13-15-23(17-21(19)3)31-29(33)25-9-5-7-11-27(25)35-36-28-12-8-6-10-26(28)30(34)32-24-16-14-20(2)22(4)18-24/h5-18H,1-4H3,(H,31,33)(H,32,34). The van der Waals surface area contributed by atoms with Gasteiger partial charge in [0.05, 0.1) is 11.1 Å². The number of carbonyl (C=O) groups is 2. The molecule has 4 nitrogen and oxygen atoms in total. The van der Waals surface area contributed by atoms with Crippen LogP contribution in [0.4, 0.5) is 11.4 Å². The van der Waals surface area contributed by atoms with Crippen molar-refractivity contribution in [3.63, 3.8) is 0 Å². The van der Waals surface area contributed by atoms with Gasteiger partial charge in [-0.2, -0.15) is 0 Å². The van der Waals surface area contributed by atoms with E-state index in [0.717, 1.165) is 32.3 Å². The van der Waals surface area contributed by atoms with E-state index < -0.39 is 0 Å². The minimum absolute atomic E-state index is 0.164. The van der Waals surface area contributed by atoms with Crippen LogP contribution < -0.4 is 10.6 Å². The highest BCUT2D eigenvalue weighted by molar-refractivity contribution is 8.76. The topological polar surface area (TPSA) is 58.2 Å². The second kappa shape index (κ2) is 11.5. The number of aryl methyl sites for hydroxylation is 4. The van der Waals surface area contributed by atoms with Crippen LogP contribution >= 0.6 is 21.6 Å². The molecule has 0 aliphatic carbocycles. The van der Waals surface area contributed by atoms with Gasteiger partial charge in [-0.15, -0.1) is 0 Å². The van der Waals surface area contributed by atoms with Gasteiger partial charge < -0.3 is 10.6 Å². The summed E-state index contributed by atoms with van der Waals surface area (Å²) in [6.45, 7) is 8.14. The number of hydrogen-bond acceptors (Lipinski definition) is 4. The number of hydrogen-bond donors (Lipinski definition) is 2. The molecule has 0 saturated heterocycles. The van der Waals surface area contributed by atoms with Crippen LogP contribution in [0.1, 0.15) is 43.0 Å². The maximum atomic E-state index is 13.1. The Morgan fingerprint density at radius 1 is 0.528 bits per heavy atom. The summed E-state index contributed by atoms with van der Waals surface area (Å²) in [5, 5.41) is 6.01. The summed E-state index contributed by atoms with van der Waals surface area (Å²) in [6, 6.07) is 26.8. The predicted molar refractivity (Wildman–Crippen MR) is 152 cm³/mol. The average molecular weight is 513 g/mol. The fraction of sp³-hybridized carbons (Fsp3) is 0.133. The van der Waals surface area contributed by atoms with Gasteiger partial charge in [-0.25, -0.2) is 0 Å². The van der Waals surface area contributed by atoms with E-state index in [2.05, 4.69) is 10.6 Å². The fourth-order valence-electron chi connectivity index (χ4n) is 3.58. The lowest BCUT2D eigenvalue weighted by molar-refractivity contribution is 0.101. The molecule has 0 aromatic heterocycles. The summed E-state index contributed by atoms with van der Waals surface area (Å²) in [5.41, 5.74) is 7.33. The molecular formula is C30H28N2O2S2. The summed E-state index contributed by atoms with van der Waals surface area (Å²) in [6.07, 6.45) is 0. The minimum atomic E-state index is -0.164. The second-order valence-electron chi connectivity index (χ2n) is 8.67. The van der Waals surface area contributed by atoms with Crippen molar-refractivity contribution in [2.24, 2.45) is 0 Å². The van der Waals surface area contributed by atoms with E-state index in [0.29, 0.717) is 11.1 Å². The molecule has 0 saturated carbocycles. The smallest absolute Gasteiger partial charge is 0.256 e. The van der Waals surface area contributed by atoms with Crippen molar-refractivity contribution >= 4 is 44.8 Å². The number of benzene rings is 4. The van der Waals surface area contributed by atoms with Crippen molar-refractivity contribution < 1.29 is 9.59 Å². The van der Waals surface area contributed by atoms with Crippen LogP contribution in [0.5, 0.6) is 0 Å².